The van der Waals surface area contributed by atoms with Crippen molar-refractivity contribution in [2.75, 3.05) is 31.5 Å². The second-order valence-electron chi connectivity index (χ2n) is 5.59. The number of halogens is 2. The summed E-state index contributed by atoms with van der Waals surface area (Å²) in [4.78, 5) is 14.2. The van der Waals surface area contributed by atoms with E-state index in [2.05, 4.69) is 29.4 Å². The van der Waals surface area contributed by atoms with Crippen LogP contribution >= 0.6 is 11.6 Å². The molecule has 0 aliphatic carbocycles. The standard InChI is InChI=1S/C14H19ClFN3O/c1-14(2)9-17-5-6-19(14)8-13(20)18-10-3-4-12(16)11(15)7-10/h3-4,7,17H,5-6,8-9H2,1-2H3,(H,18,20). The molecule has 4 nitrogen and oxygen atoms in total. The zero-order chi connectivity index (χ0) is 14.8. The Labute approximate surface area is 123 Å². The number of amides is 1. The average molecular weight is 300 g/mol. The highest BCUT2D eigenvalue weighted by Crippen LogP contribution is 2.20. The molecule has 1 fully saturated rings. The Morgan fingerprint density at radius 2 is 2.30 bits per heavy atom. The first-order valence-electron chi connectivity index (χ1n) is 6.59. The summed E-state index contributed by atoms with van der Waals surface area (Å²) < 4.78 is 13.1. The Bertz CT molecular complexity index is 507. The van der Waals surface area contributed by atoms with Crippen LogP contribution in [0, 0.1) is 5.82 Å². The maximum absolute atomic E-state index is 13.1. The molecule has 20 heavy (non-hydrogen) atoms. The number of nitrogens with one attached hydrogen (secondary N) is 2. The first-order chi connectivity index (χ1) is 9.38. The molecular formula is C14H19ClFN3O. The van der Waals surface area contributed by atoms with E-state index in [-0.39, 0.29) is 16.5 Å². The molecule has 1 heterocycles. The molecule has 0 spiro atoms. The molecule has 110 valence electrons. The lowest BCUT2D eigenvalue weighted by Gasteiger charge is -2.42. The fourth-order valence-electron chi connectivity index (χ4n) is 2.26. The van der Waals surface area contributed by atoms with Crippen molar-refractivity contribution in [3.05, 3.63) is 29.0 Å². The van der Waals surface area contributed by atoms with Crippen molar-refractivity contribution in [3.8, 4) is 0 Å². The SMILES string of the molecule is CC1(C)CNCCN1CC(=O)Nc1ccc(F)c(Cl)c1. The van der Waals surface area contributed by atoms with E-state index in [1.165, 1.54) is 18.2 Å². The van der Waals surface area contributed by atoms with Crippen molar-refractivity contribution in [1.29, 1.82) is 0 Å². The highest BCUT2D eigenvalue weighted by molar-refractivity contribution is 6.31. The fourth-order valence-corrected chi connectivity index (χ4v) is 2.44. The van der Waals surface area contributed by atoms with Crippen LogP contribution in [0.2, 0.25) is 5.02 Å². The quantitative estimate of drug-likeness (QED) is 0.898. The number of piperazine rings is 1. The molecule has 0 unspecified atom stereocenters. The van der Waals surface area contributed by atoms with Crippen LogP contribution in [0.3, 0.4) is 0 Å². The van der Waals surface area contributed by atoms with Crippen LogP contribution in [0.15, 0.2) is 18.2 Å². The Morgan fingerprint density at radius 1 is 1.55 bits per heavy atom. The second kappa shape index (κ2) is 6.08. The predicted molar refractivity (Wildman–Crippen MR) is 78.6 cm³/mol. The molecule has 1 aliphatic rings. The highest BCUT2D eigenvalue weighted by Gasteiger charge is 2.30. The molecule has 0 aromatic heterocycles. The highest BCUT2D eigenvalue weighted by atomic mass is 35.5. The number of benzene rings is 1. The third kappa shape index (κ3) is 3.69. The van der Waals surface area contributed by atoms with Gasteiger partial charge in [0.2, 0.25) is 5.91 Å². The van der Waals surface area contributed by atoms with Crippen LogP contribution in [0.5, 0.6) is 0 Å². The molecule has 1 amide bonds. The molecule has 1 aromatic carbocycles. The number of carbonyl (C=O) groups excluding carboxylic acids is 1. The summed E-state index contributed by atoms with van der Waals surface area (Å²) in [7, 11) is 0. The van der Waals surface area contributed by atoms with E-state index in [9.17, 15) is 9.18 Å². The minimum Gasteiger partial charge on any atom is -0.325 e. The molecule has 2 rings (SSSR count). The van der Waals surface area contributed by atoms with E-state index in [4.69, 9.17) is 11.6 Å². The van der Waals surface area contributed by atoms with Gasteiger partial charge in [-0.1, -0.05) is 11.6 Å². The van der Waals surface area contributed by atoms with Gasteiger partial charge in [0, 0.05) is 30.9 Å². The van der Waals surface area contributed by atoms with E-state index in [1.54, 1.807) is 0 Å². The Balaban J connectivity index is 1.96. The molecular weight excluding hydrogens is 281 g/mol. The Kier molecular flexibility index (Phi) is 4.62. The summed E-state index contributed by atoms with van der Waals surface area (Å²) in [6, 6.07) is 4.16. The topological polar surface area (TPSA) is 44.4 Å². The normalized spacial score (nSPS) is 18.8. The van der Waals surface area contributed by atoms with Crippen molar-refractivity contribution >= 4 is 23.2 Å². The third-order valence-corrected chi connectivity index (χ3v) is 3.80. The largest absolute Gasteiger partial charge is 0.325 e. The number of nitrogens with zero attached hydrogens (tertiary/aromatic N) is 1. The van der Waals surface area contributed by atoms with E-state index >= 15 is 0 Å². The zero-order valence-electron chi connectivity index (χ0n) is 11.7. The summed E-state index contributed by atoms with van der Waals surface area (Å²) in [6.45, 7) is 7.05. The molecule has 1 aromatic rings. The number of hydrogen-bond donors (Lipinski definition) is 2. The van der Waals surface area contributed by atoms with Gasteiger partial charge in [0.15, 0.2) is 0 Å². The van der Waals surface area contributed by atoms with E-state index in [0.29, 0.717) is 12.2 Å². The minimum atomic E-state index is -0.493. The van der Waals surface area contributed by atoms with Crippen molar-refractivity contribution in [3.63, 3.8) is 0 Å². The molecule has 0 saturated carbocycles. The summed E-state index contributed by atoms with van der Waals surface area (Å²) in [5.41, 5.74) is 0.449. The summed E-state index contributed by atoms with van der Waals surface area (Å²) >= 11 is 5.69. The van der Waals surface area contributed by atoms with Crippen molar-refractivity contribution in [1.82, 2.24) is 10.2 Å². The van der Waals surface area contributed by atoms with Crippen LogP contribution in [0.4, 0.5) is 10.1 Å². The van der Waals surface area contributed by atoms with Crippen LogP contribution in [0.1, 0.15) is 13.8 Å². The molecule has 0 atom stereocenters. The Hall–Kier alpha value is -1.17. The maximum atomic E-state index is 13.1. The summed E-state index contributed by atoms with van der Waals surface area (Å²) in [5.74, 6) is -0.615. The number of anilines is 1. The van der Waals surface area contributed by atoms with Crippen molar-refractivity contribution < 1.29 is 9.18 Å². The van der Waals surface area contributed by atoms with Gasteiger partial charge in [-0.3, -0.25) is 9.69 Å². The zero-order valence-corrected chi connectivity index (χ0v) is 12.4. The summed E-state index contributed by atoms with van der Waals surface area (Å²) in [5, 5.41) is 6.06. The molecule has 0 radical (unpaired) electrons. The molecule has 2 N–H and O–H groups in total. The van der Waals surface area contributed by atoms with Gasteiger partial charge >= 0.3 is 0 Å². The lowest BCUT2D eigenvalue weighted by molar-refractivity contribution is -0.119. The third-order valence-electron chi connectivity index (χ3n) is 3.51. The number of rotatable bonds is 3. The van der Waals surface area contributed by atoms with Crippen molar-refractivity contribution in [2.45, 2.75) is 19.4 Å². The van der Waals surface area contributed by atoms with Gasteiger partial charge in [-0.2, -0.15) is 0 Å². The molecule has 6 heteroatoms. The number of carbonyl (C=O) groups is 1. The molecule has 0 bridgehead atoms. The molecule has 1 aliphatic heterocycles. The monoisotopic (exact) mass is 299 g/mol. The maximum Gasteiger partial charge on any atom is 0.238 e. The van der Waals surface area contributed by atoms with Gasteiger partial charge in [-0.05, 0) is 32.0 Å². The van der Waals surface area contributed by atoms with Crippen molar-refractivity contribution in [2.24, 2.45) is 0 Å². The second-order valence-corrected chi connectivity index (χ2v) is 6.00. The van der Waals surface area contributed by atoms with Crippen LogP contribution in [0.25, 0.3) is 0 Å². The first kappa shape index (κ1) is 15.2. The molecule has 1 saturated heterocycles. The van der Waals surface area contributed by atoms with Crippen LogP contribution < -0.4 is 10.6 Å². The smallest absolute Gasteiger partial charge is 0.238 e. The van der Waals surface area contributed by atoms with Gasteiger partial charge in [-0.25, -0.2) is 4.39 Å². The van der Waals surface area contributed by atoms with Gasteiger partial charge in [0.1, 0.15) is 5.82 Å². The number of hydrogen-bond acceptors (Lipinski definition) is 3. The van der Waals surface area contributed by atoms with Gasteiger partial charge < -0.3 is 10.6 Å². The van der Waals surface area contributed by atoms with E-state index in [0.717, 1.165) is 19.6 Å². The minimum absolute atomic E-state index is 0.00491. The lowest BCUT2D eigenvalue weighted by atomic mass is 10.0. The van der Waals surface area contributed by atoms with E-state index < -0.39 is 5.82 Å². The summed E-state index contributed by atoms with van der Waals surface area (Å²) in [6.07, 6.45) is 0. The Morgan fingerprint density at radius 3 is 2.95 bits per heavy atom. The van der Waals surface area contributed by atoms with E-state index in [1.807, 2.05) is 0 Å². The van der Waals surface area contributed by atoms with Crippen LogP contribution in [-0.4, -0.2) is 42.5 Å². The fraction of sp³-hybridized carbons (Fsp3) is 0.500. The predicted octanol–water partition coefficient (Wildman–Crippen LogP) is 2.10. The van der Waals surface area contributed by atoms with Gasteiger partial charge in [0.05, 0.1) is 11.6 Å². The van der Waals surface area contributed by atoms with Gasteiger partial charge in [-0.15, -0.1) is 0 Å². The lowest BCUT2D eigenvalue weighted by Crippen LogP contribution is -2.59. The van der Waals surface area contributed by atoms with Crippen LogP contribution in [-0.2, 0) is 4.79 Å². The first-order valence-corrected chi connectivity index (χ1v) is 6.97. The van der Waals surface area contributed by atoms with Gasteiger partial charge in [0.25, 0.3) is 0 Å². The average Bonchev–Trinajstić information content (AvgIpc) is 2.36.